The molecular formula is C21H26N4O4. The molecule has 1 aliphatic rings. The van der Waals surface area contributed by atoms with E-state index in [0.717, 1.165) is 37.2 Å². The molecule has 2 N–H and O–H groups in total. The Morgan fingerprint density at radius 1 is 1.21 bits per heavy atom. The first-order valence-corrected chi connectivity index (χ1v) is 9.67. The van der Waals surface area contributed by atoms with Crippen molar-refractivity contribution in [2.45, 2.75) is 25.8 Å². The highest BCUT2D eigenvalue weighted by Gasteiger charge is 2.26. The standard InChI is InChI=1S/C21H26N4O4/c1-15-17(9-7-10-18(15)25(27)28)23-21(26)22-14-19(24-12-5-6-13-24)16-8-3-4-11-20(16)29-2/h3-4,7-11,19H,5-6,12-14H2,1-2H3,(H2,22,23,26). The molecule has 1 atom stereocenters. The van der Waals surface area contributed by atoms with Gasteiger partial charge in [-0.3, -0.25) is 15.0 Å². The second kappa shape index (κ2) is 9.38. The number of para-hydroxylation sites is 1. The number of methoxy groups -OCH3 is 1. The SMILES string of the molecule is COc1ccccc1C(CNC(=O)Nc1cccc([N+](=O)[O-])c1C)N1CCCC1. The molecule has 1 saturated heterocycles. The van der Waals surface area contributed by atoms with Gasteiger partial charge in [0, 0.05) is 18.2 Å². The molecule has 8 heteroatoms. The van der Waals surface area contributed by atoms with E-state index in [1.165, 1.54) is 6.07 Å². The molecule has 0 aromatic heterocycles. The minimum Gasteiger partial charge on any atom is -0.496 e. The molecule has 0 saturated carbocycles. The number of hydrogen-bond acceptors (Lipinski definition) is 5. The second-order valence-electron chi connectivity index (χ2n) is 7.04. The molecule has 8 nitrogen and oxygen atoms in total. The van der Waals surface area contributed by atoms with Gasteiger partial charge in [-0.1, -0.05) is 24.3 Å². The summed E-state index contributed by atoms with van der Waals surface area (Å²) < 4.78 is 5.52. The highest BCUT2D eigenvalue weighted by molar-refractivity contribution is 5.90. The fourth-order valence-electron chi connectivity index (χ4n) is 3.74. The van der Waals surface area contributed by atoms with Crippen molar-refractivity contribution in [3.63, 3.8) is 0 Å². The van der Waals surface area contributed by atoms with Crippen molar-refractivity contribution in [2.75, 3.05) is 32.1 Å². The van der Waals surface area contributed by atoms with Gasteiger partial charge >= 0.3 is 6.03 Å². The summed E-state index contributed by atoms with van der Waals surface area (Å²) in [5.74, 6) is 0.793. The highest BCUT2D eigenvalue weighted by atomic mass is 16.6. The number of benzene rings is 2. The first-order chi connectivity index (χ1) is 14.0. The quantitative estimate of drug-likeness (QED) is 0.545. The van der Waals surface area contributed by atoms with Crippen LogP contribution in [0.25, 0.3) is 0 Å². The van der Waals surface area contributed by atoms with Crippen LogP contribution < -0.4 is 15.4 Å². The van der Waals surface area contributed by atoms with Crippen molar-refractivity contribution in [2.24, 2.45) is 0 Å². The average molecular weight is 398 g/mol. The Hall–Kier alpha value is -3.13. The van der Waals surface area contributed by atoms with Crippen LogP contribution in [0.4, 0.5) is 16.2 Å². The molecule has 1 heterocycles. The molecule has 0 bridgehead atoms. The van der Waals surface area contributed by atoms with Gasteiger partial charge in [-0.05, 0) is 45.0 Å². The number of likely N-dealkylation sites (tertiary alicyclic amines) is 1. The average Bonchev–Trinajstić information content (AvgIpc) is 3.24. The van der Waals surface area contributed by atoms with Crippen molar-refractivity contribution in [1.82, 2.24) is 10.2 Å². The molecule has 2 aromatic carbocycles. The van der Waals surface area contributed by atoms with Crippen LogP contribution in [0.1, 0.15) is 30.0 Å². The molecule has 1 unspecified atom stereocenters. The lowest BCUT2D eigenvalue weighted by Crippen LogP contribution is -2.38. The molecule has 0 spiro atoms. The maximum atomic E-state index is 12.5. The Bertz CT molecular complexity index is 881. The van der Waals surface area contributed by atoms with E-state index in [-0.39, 0.29) is 11.7 Å². The third-order valence-electron chi connectivity index (χ3n) is 5.29. The molecule has 29 heavy (non-hydrogen) atoms. The Labute approximate surface area is 170 Å². The van der Waals surface area contributed by atoms with Gasteiger partial charge in [-0.2, -0.15) is 0 Å². The normalized spacial score (nSPS) is 15.0. The van der Waals surface area contributed by atoms with E-state index in [4.69, 9.17) is 4.74 Å². The van der Waals surface area contributed by atoms with Crippen molar-refractivity contribution in [3.05, 3.63) is 63.7 Å². The molecular weight excluding hydrogens is 372 g/mol. The summed E-state index contributed by atoms with van der Waals surface area (Å²) in [5, 5.41) is 16.7. The van der Waals surface area contributed by atoms with E-state index in [0.29, 0.717) is 17.8 Å². The van der Waals surface area contributed by atoms with Crippen molar-refractivity contribution < 1.29 is 14.5 Å². The maximum absolute atomic E-state index is 12.5. The zero-order chi connectivity index (χ0) is 20.8. The smallest absolute Gasteiger partial charge is 0.319 e. The number of ether oxygens (including phenoxy) is 1. The third-order valence-corrected chi connectivity index (χ3v) is 5.29. The van der Waals surface area contributed by atoms with Crippen LogP contribution >= 0.6 is 0 Å². The number of carbonyl (C=O) groups excluding carboxylic acids is 1. The summed E-state index contributed by atoms with van der Waals surface area (Å²) in [6.45, 7) is 3.96. The van der Waals surface area contributed by atoms with Gasteiger partial charge in [0.1, 0.15) is 5.75 Å². The van der Waals surface area contributed by atoms with E-state index in [9.17, 15) is 14.9 Å². The zero-order valence-corrected chi connectivity index (χ0v) is 16.7. The Morgan fingerprint density at radius 3 is 2.62 bits per heavy atom. The summed E-state index contributed by atoms with van der Waals surface area (Å²) >= 11 is 0. The lowest BCUT2D eigenvalue weighted by atomic mass is 10.0. The zero-order valence-electron chi connectivity index (χ0n) is 16.7. The molecule has 1 aliphatic heterocycles. The van der Waals surface area contributed by atoms with Crippen molar-refractivity contribution in [3.8, 4) is 5.75 Å². The van der Waals surface area contributed by atoms with Gasteiger partial charge in [0.05, 0.1) is 29.3 Å². The Balaban J connectivity index is 1.72. The van der Waals surface area contributed by atoms with Gasteiger partial charge in [0.2, 0.25) is 0 Å². The predicted octanol–water partition coefficient (Wildman–Crippen LogP) is 3.87. The number of nitrogens with one attached hydrogen (secondary N) is 2. The summed E-state index contributed by atoms with van der Waals surface area (Å²) in [4.78, 5) is 25.5. The van der Waals surface area contributed by atoms with Crippen molar-refractivity contribution >= 4 is 17.4 Å². The number of anilines is 1. The Kier molecular flexibility index (Phi) is 6.66. The number of carbonyl (C=O) groups is 1. The lowest BCUT2D eigenvalue weighted by molar-refractivity contribution is -0.385. The minimum absolute atomic E-state index is 0.00870. The largest absolute Gasteiger partial charge is 0.496 e. The number of amides is 2. The summed E-state index contributed by atoms with van der Waals surface area (Å²) in [6, 6.07) is 12.1. The number of nitrogens with zero attached hydrogens (tertiary/aromatic N) is 2. The van der Waals surface area contributed by atoms with Crippen LogP contribution in [0.2, 0.25) is 0 Å². The first kappa shape index (κ1) is 20.6. The molecule has 1 fully saturated rings. The molecule has 2 amide bonds. The number of hydrogen-bond donors (Lipinski definition) is 2. The van der Waals surface area contributed by atoms with Gasteiger partial charge in [-0.25, -0.2) is 4.79 Å². The monoisotopic (exact) mass is 398 g/mol. The summed E-state index contributed by atoms with van der Waals surface area (Å²) in [6.07, 6.45) is 2.26. The summed E-state index contributed by atoms with van der Waals surface area (Å²) in [5.41, 5.74) is 1.86. The van der Waals surface area contributed by atoms with E-state index in [1.54, 1.807) is 26.2 Å². The number of nitro benzene ring substituents is 1. The maximum Gasteiger partial charge on any atom is 0.319 e. The minimum atomic E-state index is -0.455. The van der Waals surface area contributed by atoms with Crippen LogP contribution in [0.5, 0.6) is 5.75 Å². The number of rotatable bonds is 7. The van der Waals surface area contributed by atoms with Crippen LogP contribution in [-0.4, -0.2) is 42.6 Å². The van der Waals surface area contributed by atoms with E-state index in [2.05, 4.69) is 15.5 Å². The molecule has 3 rings (SSSR count). The van der Waals surface area contributed by atoms with Gasteiger partial charge in [-0.15, -0.1) is 0 Å². The van der Waals surface area contributed by atoms with Gasteiger partial charge in [0.15, 0.2) is 0 Å². The Morgan fingerprint density at radius 2 is 1.93 bits per heavy atom. The molecule has 154 valence electrons. The molecule has 0 aliphatic carbocycles. The second-order valence-corrected chi connectivity index (χ2v) is 7.04. The van der Waals surface area contributed by atoms with E-state index < -0.39 is 11.0 Å². The highest BCUT2D eigenvalue weighted by Crippen LogP contribution is 2.31. The fourth-order valence-corrected chi connectivity index (χ4v) is 3.74. The van der Waals surface area contributed by atoms with E-state index >= 15 is 0 Å². The third kappa shape index (κ3) is 4.83. The number of urea groups is 1. The van der Waals surface area contributed by atoms with Crippen LogP contribution in [-0.2, 0) is 0 Å². The van der Waals surface area contributed by atoms with Crippen LogP contribution in [0, 0.1) is 17.0 Å². The van der Waals surface area contributed by atoms with E-state index in [1.807, 2.05) is 24.3 Å². The first-order valence-electron chi connectivity index (χ1n) is 9.67. The summed E-state index contributed by atoms with van der Waals surface area (Å²) in [7, 11) is 1.64. The van der Waals surface area contributed by atoms with Crippen molar-refractivity contribution in [1.29, 1.82) is 0 Å². The molecule has 2 aromatic rings. The molecule has 0 radical (unpaired) electrons. The van der Waals surface area contributed by atoms with Crippen LogP contribution in [0.3, 0.4) is 0 Å². The topological polar surface area (TPSA) is 96.7 Å². The van der Waals surface area contributed by atoms with Crippen LogP contribution in [0.15, 0.2) is 42.5 Å². The predicted molar refractivity (Wildman–Crippen MR) is 111 cm³/mol. The fraction of sp³-hybridized carbons (Fsp3) is 0.381. The van der Waals surface area contributed by atoms with Gasteiger partial charge in [0.25, 0.3) is 5.69 Å². The lowest BCUT2D eigenvalue weighted by Gasteiger charge is -2.29. The van der Waals surface area contributed by atoms with Gasteiger partial charge < -0.3 is 15.4 Å². The number of nitro groups is 1.